The molecule has 106 valence electrons. The predicted octanol–water partition coefficient (Wildman–Crippen LogP) is 1.29. The number of ether oxygens (including phenoxy) is 1. The van der Waals surface area contributed by atoms with Crippen LogP contribution in [0.15, 0.2) is 22.8 Å². The van der Waals surface area contributed by atoms with Crippen molar-refractivity contribution in [2.24, 2.45) is 0 Å². The topological polar surface area (TPSA) is 109 Å². The maximum absolute atomic E-state index is 11.6. The number of hydrogen-bond donors (Lipinski definition) is 3. The summed E-state index contributed by atoms with van der Waals surface area (Å²) in [5.74, 6) is -1.35. The summed E-state index contributed by atoms with van der Waals surface area (Å²) in [6.07, 6.45) is -1.36. The third kappa shape index (κ3) is 4.63. The summed E-state index contributed by atoms with van der Waals surface area (Å²) in [6, 6.07) is 1.75. The Balaban J connectivity index is 2.82. The fourth-order valence-corrected chi connectivity index (χ4v) is 1.35. The molecule has 1 heterocycles. The van der Waals surface area contributed by atoms with Crippen LogP contribution in [0.4, 0.5) is 4.79 Å². The van der Waals surface area contributed by atoms with E-state index in [1.54, 1.807) is 20.8 Å². The molecule has 19 heavy (non-hydrogen) atoms. The Hall–Kier alpha value is -2.02. The fourth-order valence-electron chi connectivity index (χ4n) is 1.35. The summed E-state index contributed by atoms with van der Waals surface area (Å²) in [7, 11) is 0. The molecule has 0 bridgehead atoms. The van der Waals surface area contributed by atoms with Crippen molar-refractivity contribution in [2.75, 3.05) is 0 Å². The molecule has 0 radical (unpaired) electrons. The van der Waals surface area contributed by atoms with E-state index in [9.17, 15) is 14.7 Å². The summed E-state index contributed by atoms with van der Waals surface area (Å²) in [5, 5.41) is 20.7. The molecule has 0 fully saturated rings. The van der Waals surface area contributed by atoms with Gasteiger partial charge in [0.1, 0.15) is 17.4 Å². The first kappa shape index (κ1) is 15.0. The second-order valence-corrected chi connectivity index (χ2v) is 4.92. The number of nitrogens with one attached hydrogen (secondary N) is 1. The van der Waals surface area contributed by atoms with E-state index in [0.29, 0.717) is 0 Å². The third-order valence-corrected chi connectivity index (χ3v) is 2.09. The molecule has 0 aliphatic rings. The zero-order chi connectivity index (χ0) is 14.6. The smallest absolute Gasteiger partial charge is 0.408 e. The monoisotopic (exact) mass is 271 g/mol. The van der Waals surface area contributed by atoms with Crippen molar-refractivity contribution in [1.82, 2.24) is 5.32 Å². The van der Waals surface area contributed by atoms with Gasteiger partial charge in [-0.15, -0.1) is 0 Å². The molecule has 0 saturated carbocycles. The van der Waals surface area contributed by atoms with Crippen molar-refractivity contribution < 1.29 is 29.0 Å². The second kappa shape index (κ2) is 5.75. The molecule has 1 aromatic rings. The SMILES string of the molecule is CC(C)(C)OC(=O)N[C@@H](c1ccco1)[C@H](O)C(=O)O. The molecular formula is C12H17NO6. The van der Waals surface area contributed by atoms with Gasteiger partial charge in [0.2, 0.25) is 0 Å². The lowest BCUT2D eigenvalue weighted by Gasteiger charge is -2.23. The van der Waals surface area contributed by atoms with Gasteiger partial charge in [-0.1, -0.05) is 0 Å². The van der Waals surface area contributed by atoms with E-state index < -0.39 is 29.8 Å². The summed E-state index contributed by atoms with van der Waals surface area (Å²) < 4.78 is 10.0. The summed E-state index contributed by atoms with van der Waals surface area (Å²) >= 11 is 0. The molecule has 3 N–H and O–H groups in total. The third-order valence-electron chi connectivity index (χ3n) is 2.09. The number of hydrogen-bond acceptors (Lipinski definition) is 5. The van der Waals surface area contributed by atoms with Crippen LogP contribution in [0.1, 0.15) is 32.6 Å². The number of amides is 1. The number of furan rings is 1. The van der Waals surface area contributed by atoms with Crippen LogP contribution in [0.3, 0.4) is 0 Å². The molecule has 0 unspecified atom stereocenters. The van der Waals surface area contributed by atoms with E-state index in [-0.39, 0.29) is 5.76 Å². The highest BCUT2D eigenvalue weighted by atomic mass is 16.6. The van der Waals surface area contributed by atoms with Crippen LogP contribution in [-0.4, -0.2) is 34.0 Å². The number of carboxylic acid groups (broad SMARTS) is 1. The van der Waals surface area contributed by atoms with Crippen molar-refractivity contribution in [3.05, 3.63) is 24.2 Å². The minimum atomic E-state index is -1.83. The van der Waals surface area contributed by atoms with Gasteiger partial charge in [0, 0.05) is 0 Å². The van der Waals surface area contributed by atoms with Crippen LogP contribution < -0.4 is 5.32 Å². The molecule has 0 saturated heterocycles. The summed E-state index contributed by atoms with van der Waals surface area (Å²) in [5.41, 5.74) is -0.730. The van der Waals surface area contributed by atoms with Gasteiger partial charge >= 0.3 is 12.1 Å². The molecule has 0 spiro atoms. The fraction of sp³-hybridized carbons (Fsp3) is 0.500. The average molecular weight is 271 g/mol. The molecular weight excluding hydrogens is 254 g/mol. The maximum Gasteiger partial charge on any atom is 0.408 e. The Bertz CT molecular complexity index is 434. The van der Waals surface area contributed by atoms with Crippen LogP contribution in [-0.2, 0) is 9.53 Å². The quantitative estimate of drug-likeness (QED) is 0.761. The highest BCUT2D eigenvalue weighted by Crippen LogP contribution is 2.19. The summed E-state index contributed by atoms with van der Waals surface area (Å²) in [6.45, 7) is 5.01. The Kier molecular flexibility index (Phi) is 4.55. The van der Waals surface area contributed by atoms with E-state index >= 15 is 0 Å². The molecule has 0 aliphatic carbocycles. The highest BCUT2D eigenvalue weighted by Gasteiger charge is 2.32. The van der Waals surface area contributed by atoms with Gasteiger partial charge in [-0.3, -0.25) is 0 Å². The molecule has 1 aromatic heterocycles. The Morgan fingerprint density at radius 1 is 1.42 bits per heavy atom. The second-order valence-electron chi connectivity index (χ2n) is 4.92. The minimum Gasteiger partial charge on any atom is -0.479 e. The maximum atomic E-state index is 11.6. The number of rotatable bonds is 4. The van der Waals surface area contributed by atoms with Crippen LogP contribution in [0.5, 0.6) is 0 Å². The van der Waals surface area contributed by atoms with E-state index in [2.05, 4.69) is 5.32 Å². The van der Waals surface area contributed by atoms with Gasteiger partial charge in [-0.05, 0) is 32.9 Å². The first-order valence-electron chi connectivity index (χ1n) is 5.64. The van der Waals surface area contributed by atoms with Crippen molar-refractivity contribution in [2.45, 2.75) is 38.5 Å². The molecule has 1 amide bonds. The Morgan fingerprint density at radius 2 is 2.05 bits per heavy atom. The van der Waals surface area contributed by atoms with Gasteiger partial charge in [0.05, 0.1) is 6.26 Å². The number of carbonyl (C=O) groups is 2. The lowest BCUT2D eigenvalue weighted by atomic mass is 10.1. The van der Waals surface area contributed by atoms with Crippen LogP contribution in [0.2, 0.25) is 0 Å². The average Bonchev–Trinajstić information content (AvgIpc) is 2.75. The normalized spacial score (nSPS) is 14.5. The van der Waals surface area contributed by atoms with Crippen molar-refractivity contribution in [3.8, 4) is 0 Å². The first-order chi connectivity index (χ1) is 8.70. The molecule has 2 atom stereocenters. The van der Waals surface area contributed by atoms with E-state index in [0.717, 1.165) is 0 Å². The molecule has 7 nitrogen and oxygen atoms in total. The Morgan fingerprint density at radius 3 is 2.47 bits per heavy atom. The van der Waals surface area contributed by atoms with E-state index in [1.165, 1.54) is 18.4 Å². The highest BCUT2D eigenvalue weighted by molar-refractivity contribution is 5.75. The number of carbonyl (C=O) groups excluding carboxylic acids is 1. The summed E-state index contributed by atoms with van der Waals surface area (Å²) in [4.78, 5) is 22.4. The van der Waals surface area contributed by atoms with Crippen LogP contribution in [0.25, 0.3) is 0 Å². The lowest BCUT2D eigenvalue weighted by Crippen LogP contribution is -2.42. The zero-order valence-corrected chi connectivity index (χ0v) is 10.9. The van der Waals surface area contributed by atoms with Gasteiger partial charge in [0.25, 0.3) is 0 Å². The first-order valence-corrected chi connectivity index (χ1v) is 5.64. The molecule has 0 aliphatic heterocycles. The Labute approximate surface area is 110 Å². The van der Waals surface area contributed by atoms with Crippen LogP contribution >= 0.6 is 0 Å². The van der Waals surface area contributed by atoms with Crippen molar-refractivity contribution in [1.29, 1.82) is 0 Å². The number of aliphatic carboxylic acids is 1. The van der Waals surface area contributed by atoms with E-state index in [1.807, 2.05) is 0 Å². The van der Waals surface area contributed by atoms with E-state index in [4.69, 9.17) is 14.3 Å². The zero-order valence-electron chi connectivity index (χ0n) is 10.9. The standard InChI is InChI=1S/C12H17NO6/c1-12(2,3)19-11(17)13-8(9(14)10(15)16)7-5-4-6-18-7/h4-6,8-9,14H,1-3H3,(H,13,17)(H,15,16)/t8-,9-/m0/s1. The van der Waals surface area contributed by atoms with Crippen molar-refractivity contribution in [3.63, 3.8) is 0 Å². The number of alkyl carbamates (subject to hydrolysis) is 1. The minimum absolute atomic E-state index is 0.126. The van der Waals surface area contributed by atoms with Gasteiger partial charge in [-0.25, -0.2) is 9.59 Å². The number of carboxylic acids is 1. The lowest BCUT2D eigenvalue weighted by molar-refractivity contribution is -0.148. The molecule has 0 aromatic carbocycles. The number of aliphatic hydroxyl groups is 1. The predicted molar refractivity (Wildman–Crippen MR) is 64.5 cm³/mol. The molecule has 7 heteroatoms. The molecule has 1 rings (SSSR count). The van der Waals surface area contributed by atoms with Gasteiger partial charge < -0.3 is 24.7 Å². The van der Waals surface area contributed by atoms with Crippen LogP contribution in [0, 0.1) is 0 Å². The van der Waals surface area contributed by atoms with Crippen molar-refractivity contribution >= 4 is 12.1 Å². The van der Waals surface area contributed by atoms with Gasteiger partial charge in [-0.2, -0.15) is 0 Å². The number of aliphatic hydroxyl groups excluding tert-OH is 1. The largest absolute Gasteiger partial charge is 0.479 e. The van der Waals surface area contributed by atoms with Gasteiger partial charge in [0.15, 0.2) is 6.10 Å².